The van der Waals surface area contributed by atoms with Gasteiger partial charge in [-0.3, -0.25) is 4.90 Å². The zero-order chi connectivity index (χ0) is 34.1. The van der Waals surface area contributed by atoms with Crippen molar-refractivity contribution in [2.45, 2.75) is 115 Å². The Hall–Kier alpha value is -3.68. The van der Waals surface area contributed by atoms with E-state index >= 15 is 0 Å². The van der Waals surface area contributed by atoms with Gasteiger partial charge in [0.25, 0.3) is 0 Å². The number of benzene rings is 2. The van der Waals surface area contributed by atoms with Gasteiger partial charge in [0.1, 0.15) is 23.5 Å². The molecule has 2 aliphatic heterocycles. The van der Waals surface area contributed by atoms with Crippen LogP contribution in [0.2, 0.25) is 0 Å². The quantitative estimate of drug-likeness (QED) is 0.293. The third-order valence-electron chi connectivity index (χ3n) is 9.35. The lowest BCUT2D eigenvalue weighted by molar-refractivity contribution is 0.0170. The van der Waals surface area contributed by atoms with Crippen LogP contribution in [-0.4, -0.2) is 70.7 Å². The van der Waals surface area contributed by atoms with Gasteiger partial charge in [0.2, 0.25) is 0 Å². The fourth-order valence-electron chi connectivity index (χ4n) is 7.13. The second kappa shape index (κ2) is 13.8. The van der Waals surface area contributed by atoms with Crippen molar-refractivity contribution < 1.29 is 27.8 Å². The van der Waals surface area contributed by atoms with Crippen LogP contribution in [0.1, 0.15) is 90.7 Å². The van der Waals surface area contributed by atoms with E-state index in [0.29, 0.717) is 12.3 Å². The largest absolute Gasteiger partial charge is 0.444 e. The van der Waals surface area contributed by atoms with Crippen LogP contribution in [0.25, 0.3) is 16.7 Å². The van der Waals surface area contributed by atoms with Crippen LogP contribution in [-0.2, 0) is 9.47 Å². The fraction of sp³-hybridized carbons (Fsp3) is 0.538. The summed E-state index contributed by atoms with van der Waals surface area (Å²) >= 11 is 0. The van der Waals surface area contributed by atoms with Crippen molar-refractivity contribution in [1.82, 2.24) is 9.80 Å². The molecule has 1 saturated carbocycles. The Morgan fingerprint density at radius 2 is 1.30 bits per heavy atom. The molecule has 0 spiro atoms. The van der Waals surface area contributed by atoms with Crippen molar-refractivity contribution in [1.29, 1.82) is 0 Å². The summed E-state index contributed by atoms with van der Waals surface area (Å²) in [6.45, 7) is 15.3. The molecule has 3 aliphatic rings. The van der Waals surface area contributed by atoms with Crippen LogP contribution in [0.3, 0.4) is 0 Å². The highest BCUT2D eigenvalue weighted by atomic mass is 19.1. The Kier molecular flexibility index (Phi) is 10.2. The molecular formula is C39H50F2N2O4. The van der Waals surface area contributed by atoms with E-state index in [0.717, 1.165) is 41.5 Å². The van der Waals surface area contributed by atoms with Crippen LogP contribution in [0.5, 0.6) is 0 Å². The van der Waals surface area contributed by atoms with E-state index in [1.807, 2.05) is 45.1 Å². The Bertz CT molecular complexity index is 1460. The van der Waals surface area contributed by atoms with Gasteiger partial charge in [0.15, 0.2) is 0 Å². The third kappa shape index (κ3) is 8.82. The molecule has 0 N–H and O–H groups in total. The van der Waals surface area contributed by atoms with Gasteiger partial charge in [0, 0.05) is 18.9 Å². The van der Waals surface area contributed by atoms with Gasteiger partial charge < -0.3 is 14.4 Å². The smallest absolute Gasteiger partial charge is 0.410 e. The monoisotopic (exact) mass is 648 g/mol. The lowest BCUT2D eigenvalue weighted by atomic mass is 9.91. The highest BCUT2D eigenvalue weighted by Gasteiger charge is 2.44. The van der Waals surface area contributed by atoms with Gasteiger partial charge in [-0.2, -0.15) is 0 Å². The maximum atomic E-state index is 14.5. The predicted octanol–water partition coefficient (Wildman–Crippen LogP) is 9.50. The van der Waals surface area contributed by atoms with Gasteiger partial charge in [-0.25, -0.2) is 18.4 Å². The third-order valence-corrected chi connectivity index (χ3v) is 9.35. The van der Waals surface area contributed by atoms with E-state index in [-0.39, 0.29) is 37.5 Å². The average molecular weight is 649 g/mol. The summed E-state index contributed by atoms with van der Waals surface area (Å²) in [5, 5.41) is 0. The lowest BCUT2D eigenvalue weighted by Gasteiger charge is -2.31. The summed E-state index contributed by atoms with van der Waals surface area (Å²) in [7, 11) is 0. The van der Waals surface area contributed by atoms with E-state index in [9.17, 15) is 18.4 Å². The number of allylic oxidation sites excluding steroid dienone is 2. The first-order valence-electron chi connectivity index (χ1n) is 16.9. The molecule has 2 unspecified atom stereocenters. The number of ether oxygens (including phenoxy) is 2. The number of nitrogens with zero attached hydrogens (tertiary/aromatic N) is 2. The molecule has 0 radical (unpaired) electrons. The molecule has 2 aromatic carbocycles. The molecule has 2 heterocycles. The van der Waals surface area contributed by atoms with Gasteiger partial charge in [0.05, 0.1) is 19.1 Å². The summed E-state index contributed by atoms with van der Waals surface area (Å²) in [6.07, 6.45) is 4.23. The number of carbonyl (C=O) groups is 2. The average Bonchev–Trinajstić information content (AvgIpc) is 3.72. The molecule has 6 nitrogen and oxygen atoms in total. The van der Waals surface area contributed by atoms with Gasteiger partial charge in [-0.05, 0) is 100 Å². The van der Waals surface area contributed by atoms with Crippen LogP contribution >= 0.6 is 0 Å². The Balaban J connectivity index is 1.17. The fourth-order valence-corrected chi connectivity index (χ4v) is 7.13. The molecule has 2 amide bonds. The molecule has 8 heteroatoms. The van der Waals surface area contributed by atoms with Crippen LogP contribution < -0.4 is 0 Å². The summed E-state index contributed by atoms with van der Waals surface area (Å²) in [5.41, 5.74) is 3.94. The minimum atomic E-state index is -1.09. The van der Waals surface area contributed by atoms with Crippen molar-refractivity contribution in [3.8, 4) is 11.1 Å². The Morgan fingerprint density at radius 3 is 1.89 bits per heavy atom. The molecule has 47 heavy (non-hydrogen) atoms. The zero-order valence-electron chi connectivity index (χ0n) is 28.7. The second-order valence-electron chi connectivity index (χ2n) is 15.4. The number of hydrogen-bond acceptors (Lipinski definition) is 4. The van der Waals surface area contributed by atoms with Crippen molar-refractivity contribution in [3.05, 3.63) is 78.4 Å². The minimum Gasteiger partial charge on any atom is -0.444 e. The predicted molar refractivity (Wildman–Crippen MR) is 183 cm³/mol. The number of hydrogen-bond donors (Lipinski definition) is 0. The van der Waals surface area contributed by atoms with E-state index in [4.69, 9.17) is 9.47 Å². The number of carbonyl (C=O) groups excluding carboxylic acids is 2. The second-order valence-corrected chi connectivity index (χ2v) is 15.4. The molecule has 6 atom stereocenters. The molecular weight excluding hydrogens is 598 g/mol. The topological polar surface area (TPSA) is 59.1 Å². The zero-order valence-corrected chi connectivity index (χ0v) is 28.7. The van der Waals surface area contributed by atoms with E-state index in [2.05, 4.69) is 43.0 Å². The van der Waals surface area contributed by atoms with Crippen LogP contribution in [0.4, 0.5) is 18.4 Å². The van der Waals surface area contributed by atoms with E-state index in [1.54, 1.807) is 25.7 Å². The van der Waals surface area contributed by atoms with Crippen LogP contribution in [0, 0.1) is 5.92 Å². The first-order chi connectivity index (χ1) is 22.1. The summed E-state index contributed by atoms with van der Waals surface area (Å²) in [4.78, 5) is 28.5. The molecule has 2 aromatic rings. The Morgan fingerprint density at radius 1 is 0.766 bits per heavy atom. The summed E-state index contributed by atoms with van der Waals surface area (Å²) < 4.78 is 39.8. The lowest BCUT2D eigenvalue weighted by Crippen LogP contribution is -2.42. The van der Waals surface area contributed by atoms with Gasteiger partial charge in [-0.1, -0.05) is 67.3 Å². The minimum absolute atomic E-state index is 0.0258. The van der Waals surface area contributed by atoms with Crippen LogP contribution in [0.15, 0.2) is 67.3 Å². The maximum absolute atomic E-state index is 14.5. The van der Waals surface area contributed by atoms with Gasteiger partial charge >= 0.3 is 12.2 Å². The highest BCUT2D eigenvalue weighted by Crippen LogP contribution is 2.44. The molecule has 0 aromatic heterocycles. The van der Waals surface area contributed by atoms with Crippen molar-refractivity contribution in [3.63, 3.8) is 0 Å². The highest BCUT2D eigenvalue weighted by molar-refractivity contribution is 5.75. The van der Waals surface area contributed by atoms with Crippen molar-refractivity contribution in [2.24, 2.45) is 5.92 Å². The summed E-state index contributed by atoms with van der Waals surface area (Å²) in [6, 6.07) is 16.3. The number of rotatable bonds is 6. The van der Waals surface area contributed by atoms with Crippen molar-refractivity contribution in [2.75, 3.05) is 13.1 Å². The number of likely N-dealkylation sites (tertiary alicyclic amines) is 2. The summed E-state index contributed by atoms with van der Waals surface area (Å²) in [5.74, 6) is 0.638. The first-order valence-corrected chi connectivity index (χ1v) is 16.9. The molecule has 254 valence electrons. The number of halogens is 2. The normalized spacial score (nSPS) is 26.6. The van der Waals surface area contributed by atoms with E-state index in [1.165, 1.54) is 10.5 Å². The van der Waals surface area contributed by atoms with Gasteiger partial charge in [-0.15, -0.1) is 0 Å². The maximum Gasteiger partial charge on any atom is 0.410 e. The molecule has 3 fully saturated rings. The van der Waals surface area contributed by atoms with Crippen molar-refractivity contribution >= 4 is 17.8 Å². The number of alkyl halides is 2. The number of amides is 2. The SMILES string of the molecule is C=C(C=C[C@@H]1C[C@H](F)CN1C(=O)OC(C)(C)C)c1ccc(-c2ccc(C3CCC([C@@H]4C[C@H](F)CN4C(=O)OC(C)(C)C)C3)cc2)cc1. The molecule has 1 aliphatic carbocycles. The first kappa shape index (κ1) is 34.6. The molecule has 5 rings (SSSR count). The standard InChI is InChI=1S/C39H50F2N2O4/c1-25(8-19-34-21-32(40)23-42(34)36(44)46-38(2,3)4)26-9-11-27(12-10-26)28-13-15-29(16-14-28)30-17-18-31(20-30)35-22-33(41)24-43(35)37(45)47-39(5,6)7/h8-16,19,30-35H,1,17-18,20-24H2,2-7H3/t30?,31?,32-,33-,34+,35-/m0/s1. The molecule has 0 bridgehead atoms. The van der Waals surface area contributed by atoms with E-state index < -0.39 is 35.7 Å². The Labute approximate surface area is 278 Å². The molecule has 2 saturated heterocycles.